The second kappa shape index (κ2) is 6.67. The predicted molar refractivity (Wildman–Crippen MR) is 82.7 cm³/mol. The fraction of sp³-hybridized carbons (Fsp3) is 0.733. The fourth-order valence-electron chi connectivity index (χ4n) is 3.34. The third-order valence-corrected chi connectivity index (χ3v) is 5.61. The van der Waals surface area contributed by atoms with Gasteiger partial charge >= 0.3 is 12.2 Å². The number of fused-ring (bicyclic) bond motifs is 1. The molecule has 2 aliphatic rings. The number of anilines is 1. The Morgan fingerprint density at radius 3 is 2.70 bits per heavy atom. The number of halogens is 3. The van der Waals surface area contributed by atoms with Gasteiger partial charge < -0.3 is 5.32 Å². The molecule has 2 N–H and O–H groups in total. The summed E-state index contributed by atoms with van der Waals surface area (Å²) in [5.74, 6) is -1.31. The molecular formula is C15H20F3N3OS. The lowest BCUT2D eigenvalue weighted by molar-refractivity contribution is -0.183. The normalized spacial score (nSPS) is 24.8. The number of alkyl halides is 3. The Morgan fingerprint density at radius 2 is 1.96 bits per heavy atom. The number of aromatic nitrogens is 1. The predicted octanol–water partition coefficient (Wildman–Crippen LogP) is 4.26. The maximum atomic E-state index is 12.8. The van der Waals surface area contributed by atoms with Crippen LogP contribution in [0.1, 0.15) is 49.1 Å². The van der Waals surface area contributed by atoms with Crippen LogP contribution in [0.4, 0.5) is 23.1 Å². The molecular weight excluding hydrogens is 327 g/mol. The molecule has 1 heterocycles. The number of nitrogens with zero attached hydrogens (tertiary/aromatic N) is 1. The maximum Gasteiger partial charge on any atom is 0.391 e. The number of hydrogen-bond acceptors (Lipinski definition) is 3. The zero-order chi connectivity index (χ0) is 16.4. The Morgan fingerprint density at radius 1 is 1.17 bits per heavy atom. The second-order valence-electron chi connectivity index (χ2n) is 6.30. The van der Waals surface area contributed by atoms with E-state index in [0.717, 1.165) is 31.4 Å². The summed E-state index contributed by atoms with van der Waals surface area (Å²) >= 11 is 1.47. The van der Waals surface area contributed by atoms with E-state index in [0.29, 0.717) is 18.0 Å². The van der Waals surface area contributed by atoms with Crippen molar-refractivity contribution in [2.75, 3.05) is 5.32 Å². The highest BCUT2D eigenvalue weighted by Crippen LogP contribution is 2.37. The van der Waals surface area contributed by atoms with Crippen LogP contribution in [0, 0.1) is 5.92 Å². The van der Waals surface area contributed by atoms with E-state index in [1.807, 2.05) is 0 Å². The number of carbonyl (C=O) groups excluding carboxylic acids is 1. The van der Waals surface area contributed by atoms with Gasteiger partial charge in [0.15, 0.2) is 5.13 Å². The average molecular weight is 347 g/mol. The summed E-state index contributed by atoms with van der Waals surface area (Å²) in [5, 5.41) is 5.88. The van der Waals surface area contributed by atoms with E-state index in [4.69, 9.17) is 0 Å². The van der Waals surface area contributed by atoms with Gasteiger partial charge in [-0.2, -0.15) is 13.2 Å². The molecule has 2 amide bonds. The lowest BCUT2D eigenvalue weighted by Crippen LogP contribution is -2.43. The summed E-state index contributed by atoms with van der Waals surface area (Å²) in [6.45, 7) is 0. The molecule has 0 aliphatic heterocycles. The highest BCUT2D eigenvalue weighted by Gasteiger charge is 2.42. The van der Waals surface area contributed by atoms with Gasteiger partial charge in [-0.3, -0.25) is 5.32 Å². The number of carbonyl (C=O) groups is 1. The summed E-state index contributed by atoms with van der Waals surface area (Å²) in [4.78, 5) is 17.6. The minimum Gasteiger partial charge on any atom is -0.335 e. The lowest BCUT2D eigenvalue weighted by atomic mass is 9.85. The van der Waals surface area contributed by atoms with Crippen molar-refractivity contribution in [3.63, 3.8) is 0 Å². The van der Waals surface area contributed by atoms with Gasteiger partial charge in [0.25, 0.3) is 0 Å². The quantitative estimate of drug-likeness (QED) is 0.840. The fourth-order valence-corrected chi connectivity index (χ4v) is 4.39. The molecule has 3 rings (SSSR count). The largest absolute Gasteiger partial charge is 0.391 e. The van der Waals surface area contributed by atoms with Gasteiger partial charge in [0.1, 0.15) is 0 Å². The molecule has 0 aromatic carbocycles. The Balaban J connectivity index is 1.54. The first-order valence-electron chi connectivity index (χ1n) is 8.04. The lowest BCUT2D eigenvalue weighted by Gasteiger charge is -2.30. The van der Waals surface area contributed by atoms with E-state index >= 15 is 0 Å². The van der Waals surface area contributed by atoms with Crippen LogP contribution in [0.5, 0.6) is 0 Å². The van der Waals surface area contributed by atoms with E-state index in [-0.39, 0.29) is 12.8 Å². The zero-order valence-electron chi connectivity index (χ0n) is 12.7. The van der Waals surface area contributed by atoms with Gasteiger partial charge in [0.05, 0.1) is 11.6 Å². The van der Waals surface area contributed by atoms with Gasteiger partial charge in [0, 0.05) is 10.9 Å². The number of nitrogens with one attached hydrogen (secondary N) is 2. The van der Waals surface area contributed by atoms with Crippen molar-refractivity contribution < 1.29 is 18.0 Å². The van der Waals surface area contributed by atoms with Crippen LogP contribution in [-0.4, -0.2) is 23.2 Å². The highest BCUT2D eigenvalue weighted by atomic mass is 32.1. The molecule has 0 spiro atoms. The third kappa shape index (κ3) is 4.16. The SMILES string of the molecule is O=C(Nc1nc2c(s1)CCCC2)NC1CCCC(C(F)(F)F)C1. The van der Waals surface area contributed by atoms with Crippen LogP contribution in [0.25, 0.3) is 0 Å². The van der Waals surface area contributed by atoms with E-state index in [2.05, 4.69) is 15.6 Å². The Bertz CT molecular complexity index is 549. The summed E-state index contributed by atoms with van der Waals surface area (Å²) in [7, 11) is 0. The second-order valence-corrected chi connectivity index (χ2v) is 7.38. The van der Waals surface area contributed by atoms with Gasteiger partial charge in [0.2, 0.25) is 0 Å². The Labute approximate surface area is 136 Å². The minimum atomic E-state index is -4.18. The first-order chi connectivity index (χ1) is 10.9. The van der Waals surface area contributed by atoms with Crippen molar-refractivity contribution in [1.82, 2.24) is 10.3 Å². The van der Waals surface area contributed by atoms with Crippen molar-refractivity contribution >= 4 is 22.5 Å². The Kier molecular flexibility index (Phi) is 4.79. The molecule has 1 fully saturated rings. The summed E-state index contributed by atoms with van der Waals surface area (Å²) < 4.78 is 38.4. The highest BCUT2D eigenvalue weighted by molar-refractivity contribution is 7.15. The van der Waals surface area contributed by atoms with Crippen LogP contribution in [0.15, 0.2) is 0 Å². The number of thiazole rings is 1. The van der Waals surface area contributed by atoms with Crippen LogP contribution < -0.4 is 10.6 Å². The average Bonchev–Trinajstić information content (AvgIpc) is 2.88. The van der Waals surface area contributed by atoms with Crippen LogP contribution >= 0.6 is 11.3 Å². The molecule has 1 aromatic rings. The molecule has 4 nitrogen and oxygen atoms in total. The smallest absolute Gasteiger partial charge is 0.335 e. The summed E-state index contributed by atoms with van der Waals surface area (Å²) in [6, 6.07) is -0.881. The van der Waals surface area contributed by atoms with Crippen molar-refractivity contribution in [3.8, 4) is 0 Å². The number of amides is 2. The topological polar surface area (TPSA) is 54.0 Å². The minimum absolute atomic E-state index is 0.0364. The third-order valence-electron chi connectivity index (χ3n) is 4.54. The maximum absolute atomic E-state index is 12.8. The molecule has 0 radical (unpaired) electrons. The van der Waals surface area contributed by atoms with Crippen molar-refractivity contribution in [3.05, 3.63) is 10.6 Å². The molecule has 2 atom stereocenters. The van der Waals surface area contributed by atoms with Gasteiger partial charge in [-0.25, -0.2) is 9.78 Å². The Hall–Kier alpha value is -1.31. The summed E-state index contributed by atoms with van der Waals surface area (Å²) in [5.41, 5.74) is 1.05. The number of rotatable bonds is 2. The molecule has 8 heteroatoms. The van der Waals surface area contributed by atoms with Crippen LogP contribution in [-0.2, 0) is 12.8 Å². The van der Waals surface area contributed by atoms with Gasteiger partial charge in [-0.1, -0.05) is 6.42 Å². The number of aryl methyl sites for hydroxylation is 2. The standard InChI is InChI=1S/C15H20F3N3OS/c16-15(17,18)9-4-3-5-10(8-9)19-13(22)21-14-20-11-6-1-2-7-12(11)23-14/h9-10H,1-8H2,(H2,19,20,21,22). The molecule has 2 aliphatic carbocycles. The van der Waals surface area contributed by atoms with Crippen molar-refractivity contribution in [1.29, 1.82) is 0 Å². The van der Waals surface area contributed by atoms with Crippen molar-refractivity contribution in [2.24, 2.45) is 5.92 Å². The first kappa shape index (κ1) is 16.5. The molecule has 0 bridgehead atoms. The number of urea groups is 1. The monoisotopic (exact) mass is 347 g/mol. The van der Waals surface area contributed by atoms with E-state index < -0.39 is 24.2 Å². The molecule has 2 unspecified atom stereocenters. The first-order valence-corrected chi connectivity index (χ1v) is 8.86. The van der Waals surface area contributed by atoms with Gasteiger partial charge in [-0.15, -0.1) is 11.3 Å². The molecule has 128 valence electrons. The van der Waals surface area contributed by atoms with E-state index in [9.17, 15) is 18.0 Å². The molecule has 1 aromatic heterocycles. The number of hydrogen-bond donors (Lipinski definition) is 2. The molecule has 0 saturated heterocycles. The summed E-state index contributed by atoms with van der Waals surface area (Å²) in [6.07, 6.45) is 1.20. The van der Waals surface area contributed by atoms with Crippen LogP contribution in [0.2, 0.25) is 0 Å². The zero-order valence-corrected chi connectivity index (χ0v) is 13.5. The van der Waals surface area contributed by atoms with E-state index in [1.165, 1.54) is 16.2 Å². The van der Waals surface area contributed by atoms with E-state index in [1.54, 1.807) is 0 Å². The molecule has 23 heavy (non-hydrogen) atoms. The van der Waals surface area contributed by atoms with Crippen molar-refractivity contribution in [2.45, 2.75) is 63.6 Å². The van der Waals surface area contributed by atoms with Gasteiger partial charge in [-0.05, 0) is 44.9 Å². The molecule has 1 saturated carbocycles. The van der Waals surface area contributed by atoms with Crippen LogP contribution in [0.3, 0.4) is 0 Å².